The lowest BCUT2D eigenvalue weighted by molar-refractivity contribution is -0.165. The number of pyridine rings is 1. The van der Waals surface area contributed by atoms with E-state index in [-0.39, 0.29) is 5.70 Å². The molecule has 0 atom stereocenters. The zero-order chi connectivity index (χ0) is 14.8. The van der Waals surface area contributed by atoms with E-state index in [1.165, 1.54) is 6.92 Å². The Hall–Kier alpha value is -2.37. The monoisotopic (exact) mass is 280 g/mol. The molecule has 0 saturated heterocycles. The van der Waals surface area contributed by atoms with Crippen molar-refractivity contribution in [3.05, 3.63) is 48.3 Å². The van der Waals surface area contributed by atoms with E-state index in [4.69, 9.17) is 0 Å². The molecule has 0 saturated carbocycles. The summed E-state index contributed by atoms with van der Waals surface area (Å²) < 4.78 is 36.5. The van der Waals surface area contributed by atoms with E-state index in [1.807, 2.05) is 12.1 Å². The van der Waals surface area contributed by atoms with Gasteiger partial charge in [-0.15, -0.1) is 0 Å². The van der Waals surface area contributed by atoms with Gasteiger partial charge in [0.05, 0.1) is 11.2 Å². The lowest BCUT2D eigenvalue weighted by Crippen LogP contribution is -2.21. The van der Waals surface area contributed by atoms with Crippen molar-refractivity contribution in [3.63, 3.8) is 0 Å². The summed E-state index contributed by atoms with van der Waals surface area (Å²) in [6, 6.07) is 8.89. The minimum atomic E-state index is -4.86. The number of para-hydroxylation sites is 1. The number of carbonyl (C=O) groups is 1. The summed E-state index contributed by atoms with van der Waals surface area (Å²) in [5.74, 6) is -1.89. The molecule has 3 nitrogen and oxygen atoms in total. The number of ketones is 1. The Morgan fingerprint density at radius 2 is 1.95 bits per heavy atom. The fourth-order valence-electron chi connectivity index (χ4n) is 1.73. The SMILES string of the molecule is CC(=CC(=O)C(F)(F)F)Nc1cccc2cccnc12. The molecule has 1 aromatic heterocycles. The summed E-state index contributed by atoms with van der Waals surface area (Å²) >= 11 is 0. The van der Waals surface area contributed by atoms with Gasteiger partial charge < -0.3 is 5.32 Å². The van der Waals surface area contributed by atoms with E-state index >= 15 is 0 Å². The molecule has 0 aliphatic rings. The number of aromatic nitrogens is 1. The first-order chi connectivity index (χ1) is 9.38. The van der Waals surface area contributed by atoms with Gasteiger partial charge in [-0.1, -0.05) is 18.2 Å². The number of hydrogen-bond donors (Lipinski definition) is 1. The number of allylic oxidation sites excluding steroid dienone is 2. The molecule has 1 N–H and O–H groups in total. The third-order valence-corrected chi connectivity index (χ3v) is 2.59. The number of hydrogen-bond acceptors (Lipinski definition) is 3. The van der Waals surface area contributed by atoms with Crippen LogP contribution in [0, 0.1) is 0 Å². The minimum absolute atomic E-state index is 0.102. The second-order valence-corrected chi connectivity index (χ2v) is 4.20. The maximum Gasteiger partial charge on any atom is 0.454 e. The average Bonchev–Trinajstić information content (AvgIpc) is 2.38. The maximum atomic E-state index is 12.2. The van der Waals surface area contributed by atoms with Crippen molar-refractivity contribution in [2.24, 2.45) is 0 Å². The van der Waals surface area contributed by atoms with Crippen LogP contribution in [0.2, 0.25) is 0 Å². The fourth-order valence-corrected chi connectivity index (χ4v) is 1.73. The van der Waals surface area contributed by atoms with Gasteiger partial charge in [0.25, 0.3) is 5.78 Å². The van der Waals surface area contributed by atoms with Crippen molar-refractivity contribution < 1.29 is 18.0 Å². The zero-order valence-corrected chi connectivity index (χ0v) is 10.5. The Labute approximate surface area is 113 Å². The highest BCUT2D eigenvalue weighted by atomic mass is 19.4. The van der Waals surface area contributed by atoms with Crippen LogP contribution in [0.5, 0.6) is 0 Å². The third kappa shape index (κ3) is 3.14. The molecule has 1 aromatic carbocycles. The number of nitrogens with zero attached hydrogens (tertiary/aromatic N) is 1. The van der Waals surface area contributed by atoms with Crippen LogP contribution in [0.3, 0.4) is 0 Å². The molecule has 0 radical (unpaired) electrons. The lowest BCUT2D eigenvalue weighted by Gasteiger charge is -2.09. The molecule has 0 fully saturated rings. The Balaban J connectivity index is 2.29. The number of benzene rings is 1. The smallest absolute Gasteiger partial charge is 0.357 e. The van der Waals surface area contributed by atoms with Crippen molar-refractivity contribution in [1.82, 2.24) is 4.98 Å². The van der Waals surface area contributed by atoms with Crippen LogP contribution in [0.15, 0.2) is 48.3 Å². The second kappa shape index (κ2) is 5.32. The molecule has 6 heteroatoms. The lowest BCUT2D eigenvalue weighted by atomic mass is 10.2. The Bertz CT molecular complexity index is 672. The van der Waals surface area contributed by atoms with E-state index in [9.17, 15) is 18.0 Å². The number of rotatable bonds is 3. The molecule has 0 aliphatic carbocycles. The number of anilines is 1. The molecular formula is C14H11F3N2O. The van der Waals surface area contributed by atoms with Crippen LogP contribution in [-0.2, 0) is 4.79 Å². The van der Waals surface area contributed by atoms with E-state index < -0.39 is 12.0 Å². The summed E-state index contributed by atoms with van der Waals surface area (Å²) in [6.45, 7) is 1.39. The first-order valence-corrected chi connectivity index (χ1v) is 5.78. The van der Waals surface area contributed by atoms with Gasteiger partial charge in [-0.3, -0.25) is 9.78 Å². The predicted octanol–water partition coefficient (Wildman–Crippen LogP) is 3.68. The van der Waals surface area contributed by atoms with Gasteiger partial charge in [-0.2, -0.15) is 13.2 Å². The van der Waals surface area contributed by atoms with Gasteiger partial charge in [-0.25, -0.2) is 0 Å². The predicted molar refractivity (Wildman–Crippen MR) is 70.2 cm³/mol. The molecule has 0 unspecified atom stereocenters. The molecule has 1 heterocycles. The van der Waals surface area contributed by atoms with Crippen molar-refractivity contribution in [2.45, 2.75) is 13.1 Å². The van der Waals surface area contributed by atoms with Crippen molar-refractivity contribution in [3.8, 4) is 0 Å². The van der Waals surface area contributed by atoms with Crippen molar-refractivity contribution in [2.75, 3.05) is 5.32 Å². The minimum Gasteiger partial charge on any atom is -0.357 e. The van der Waals surface area contributed by atoms with Crippen molar-refractivity contribution >= 4 is 22.4 Å². The van der Waals surface area contributed by atoms with Crippen LogP contribution in [-0.4, -0.2) is 16.9 Å². The summed E-state index contributed by atoms with van der Waals surface area (Å²) in [5, 5.41) is 3.62. The summed E-state index contributed by atoms with van der Waals surface area (Å²) in [4.78, 5) is 15.0. The average molecular weight is 280 g/mol. The van der Waals surface area contributed by atoms with Crippen LogP contribution in [0.4, 0.5) is 18.9 Å². The quantitative estimate of drug-likeness (QED) is 0.872. The number of halogens is 3. The number of nitrogens with one attached hydrogen (secondary N) is 1. The molecule has 0 aliphatic heterocycles. The highest BCUT2D eigenvalue weighted by molar-refractivity contribution is 5.96. The van der Waals surface area contributed by atoms with Gasteiger partial charge in [0.15, 0.2) is 0 Å². The molecule has 0 bridgehead atoms. The standard InChI is InChI=1S/C14H11F3N2O/c1-9(8-12(20)14(15,16)17)19-11-6-2-4-10-5-3-7-18-13(10)11/h2-8,19H,1H3. The number of alkyl halides is 3. The Morgan fingerprint density at radius 1 is 1.25 bits per heavy atom. The summed E-state index contributed by atoms with van der Waals surface area (Å²) in [6.07, 6.45) is -2.74. The molecule has 0 spiro atoms. The molecular weight excluding hydrogens is 269 g/mol. The van der Waals surface area contributed by atoms with E-state index in [0.717, 1.165) is 5.39 Å². The van der Waals surface area contributed by atoms with Crippen LogP contribution < -0.4 is 5.32 Å². The Morgan fingerprint density at radius 3 is 2.65 bits per heavy atom. The van der Waals surface area contributed by atoms with E-state index in [0.29, 0.717) is 17.3 Å². The molecule has 20 heavy (non-hydrogen) atoms. The first-order valence-electron chi connectivity index (χ1n) is 5.78. The largest absolute Gasteiger partial charge is 0.454 e. The van der Waals surface area contributed by atoms with Crippen molar-refractivity contribution in [1.29, 1.82) is 0 Å². The highest BCUT2D eigenvalue weighted by Gasteiger charge is 2.36. The van der Waals surface area contributed by atoms with Crippen LogP contribution in [0.1, 0.15) is 6.92 Å². The van der Waals surface area contributed by atoms with E-state index in [2.05, 4.69) is 10.3 Å². The van der Waals surface area contributed by atoms with Gasteiger partial charge in [0.1, 0.15) is 0 Å². The van der Waals surface area contributed by atoms with Gasteiger partial charge in [0, 0.05) is 23.4 Å². The molecule has 2 rings (SSSR count). The molecule has 0 amide bonds. The molecule has 2 aromatic rings. The first kappa shape index (κ1) is 14.0. The van der Waals surface area contributed by atoms with Gasteiger partial charge >= 0.3 is 6.18 Å². The van der Waals surface area contributed by atoms with Crippen LogP contribution in [0.25, 0.3) is 10.9 Å². The zero-order valence-electron chi connectivity index (χ0n) is 10.5. The van der Waals surface area contributed by atoms with Crippen LogP contribution >= 0.6 is 0 Å². The van der Waals surface area contributed by atoms with Gasteiger partial charge in [-0.05, 0) is 19.1 Å². The number of fused-ring (bicyclic) bond motifs is 1. The second-order valence-electron chi connectivity index (χ2n) is 4.20. The molecule has 104 valence electrons. The number of carbonyl (C=O) groups excluding carboxylic acids is 1. The maximum absolute atomic E-state index is 12.2. The van der Waals surface area contributed by atoms with E-state index in [1.54, 1.807) is 24.4 Å². The topological polar surface area (TPSA) is 42.0 Å². The normalized spacial score (nSPS) is 12.5. The fraction of sp³-hybridized carbons (Fsp3) is 0.143. The highest BCUT2D eigenvalue weighted by Crippen LogP contribution is 2.23. The Kier molecular flexibility index (Phi) is 3.74. The summed E-state index contributed by atoms with van der Waals surface area (Å²) in [7, 11) is 0. The van der Waals surface area contributed by atoms with Gasteiger partial charge in [0.2, 0.25) is 0 Å². The third-order valence-electron chi connectivity index (χ3n) is 2.59. The summed E-state index contributed by atoms with van der Waals surface area (Å²) in [5.41, 5.74) is 1.28.